The van der Waals surface area contributed by atoms with E-state index >= 15 is 0 Å². The molecule has 7 heavy (non-hydrogen) atoms. The average molecular weight is 102 g/mol. The third kappa shape index (κ3) is 0.656. The largest absolute Gasteiger partial charge is 0.514 e. The third-order valence-corrected chi connectivity index (χ3v) is 0.789. The lowest BCUT2D eigenvalue weighted by Crippen LogP contribution is -2.34. The summed E-state index contributed by atoms with van der Waals surface area (Å²) >= 11 is 0. The van der Waals surface area contributed by atoms with Crippen molar-refractivity contribution in [2.75, 3.05) is 0 Å². The maximum absolute atomic E-state index is 9.82. The van der Waals surface area contributed by atoms with Crippen LogP contribution in [0.3, 0.4) is 0 Å². The molecule has 1 rings (SSSR count). The van der Waals surface area contributed by atoms with Gasteiger partial charge in [-0.1, -0.05) is 6.92 Å². The van der Waals surface area contributed by atoms with Crippen molar-refractivity contribution in [2.24, 2.45) is 0 Å². The van der Waals surface area contributed by atoms with Crippen LogP contribution in [0.1, 0.15) is 13.3 Å². The van der Waals surface area contributed by atoms with Crippen LogP contribution in [0.15, 0.2) is 0 Å². The fourth-order valence-electron chi connectivity index (χ4n) is 0.390. The highest BCUT2D eigenvalue weighted by Gasteiger charge is 2.27. The minimum absolute atomic E-state index is 0.257. The Kier molecular flexibility index (Phi) is 0.889. The molecule has 3 heteroatoms. The van der Waals surface area contributed by atoms with Crippen molar-refractivity contribution >= 4 is 6.16 Å². The first-order chi connectivity index (χ1) is 3.33. The standard InChI is InChI=1S/C4H6O3/c1-2-3-6-4(5)7-3/h3H,2H2,1H3. The van der Waals surface area contributed by atoms with Gasteiger partial charge < -0.3 is 9.47 Å². The normalized spacial score (nSPS) is 19.9. The Morgan fingerprint density at radius 2 is 2.29 bits per heavy atom. The first-order valence-corrected chi connectivity index (χ1v) is 2.20. The number of hydrogen-bond donors (Lipinski definition) is 0. The van der Waals surface area contributed by atoms with Gasteiger partial charge in [-0.2, -0.15) is 0 Å². The van der Waals surface area contributed by atoms with E-state index in [0.717, 1.165) is 6.42 Å². The molecular formula is C4H6O3. The molecule has 40 valence electrons. The second-order valence-corrected chi connectivity index (χ2v) is 1.32. The molecule has 0 amide bonds. The highest BCUT2D eigenvalue weighted by molar-refractivity contribution is 5.63. The molecule has 1 saturated heterocycles. The van der Waals surface area contributed by atoms with Crippen molar-refractivity contribution in [3.8, 4) is 0 Å². The van der Waals surface area contributed by atoms with Gasteiger partial charge in [-0.05, 0) is 0 Å². The van der Waals surface area contributed by atoms with Gasteiger partial charge in [-0.25, -0.2) is 4.79 Å². The van der Waals surface area contributed by atoms with E-state index in [2.05, 4.69) is 9.47 Å². The predicted octanol–water partition coefficient (Wildman–Crippen LogP) is 0.889. The summed E-state index contributed by atoms with van der Waals surface area (Å²) in [7, 11) is 0. The highest BCUT2D eigenvalue weighted by atomic mass is 16.9. The van der Waals surface area contributed by atoms with Gasteiger partial charge in [0.05, 0.1) is 0 Å². The lowest BCUT2D eigenvalue weighted by molar-refractivity contribution is -0.182. The quantitative estimate of drug-likeness (QED) is 0.461. The minimum atomic E-state index is -0.549. The van der Waals surface area contributed by atoms with Gasteiger partial charge in [0.1, 0.15) is 0 Å². The van der Waals surface area contributed by atoms with Gasteiger partial charge in [0.2, 0.25) is 0 Å². The Balaban J connectivity index is 2.17. The lowest BCUT2D eigenvalue weighted by atomic mass is 10.4. The number of hydrogen-bond acceptors (Lipinski definition) is 3. The average Bonchev–Trinajstić information content (AvgIpc) is 1.58. The molecular weight excluding hydrogens is 96.0 g/mol. The van der Waals surface area contributed by atoms with E-state index in [0.29, 0.717) is 0 Å². The summed E-state index contributed by atoms with van der Waals surface area (Å²) < 4.78 is 8.85. The van der Waals surface area contributed by atoms with Crippen LogP contribution in [0, 0.1) is 0 Å². The van der Waals surface area contributed by atoms with Gasteiger partial charge in [-0.15, -0.1) is 0 Å². The van der Waals surface area contributed by atoms with Gasteiger partial charge in [0.25, 0.3) is 6.29 Å². The molecule has 0 aromatic rings. The smallest absolute Gasteiger partial charge is 0.394 e. The van der Waals surface area contributed by atoms with Crippen molar-refractivity contribution in [2.45, 2.75) is 19.6 Å². The SMILES string of the molecule is CCC1OC(=O)O1. The van der Waals surface area contributed by atoms with Crippen LogP contribution < -0.4 is 0 Å². The molecule has 0 N–H and O–H groups in total. The maximum atomic E-state index is 9.82. The van der Waals surface area contributed by atoms with E-state index in [1.54, 1.807) is 0 Å². The van der Waals surface area contributed by atoms with Gasteiger partial charge in [-0.3, -0.25) is 0 Å². The van der Waals surface area contributed by atoms with E-state index in [9.17, 15) is 4.79 Å². The molecule has 0 spiro atoms. The molecule has 0 bridgehead atoms. The zero-order valence-electron chi connectivity index (χ0n) is 4.01. The van der Waals surface area contributed by atoms with Crippen LogP contribution >= 0.6 is 0 Å². The molecule has 0 unspecified atom stereocenters. The third-order valence-electron chi connectivity index (χ3n) is 0.789. The molecule has 0 aromatic heterocycles. The number of carbonyl (C=O) groups excluding carboxylic acids is 1. The highest BCUT2D eigenvalue weighted by Crippen LogP contribution is 2.12. The fraction of sp³-hybridized carbons (Fsp3) is 0.750. The maximum Gasteiger partial charge on any atom is 0.514 e. The van der Waals surface area contributed by atoms with Crippen LogP contribution in [0.25, 0.3) is 0 Å². The van der Waals surface area contributed by atoms with E-state index in [4.69, 9.17) is 0 Å². The van der Waals surface area contributed by atoms with Crippen LogP contribution in [0.5, 0.6) is 0 Å². The summed E-state index contributed by atoms with van der Waals surface area (Å²) in [5, 5.41) is 0. The molecule has 0 aromatic carbocycles. The Morgan fingerprint density at radius 3 is 2.43 bits per heavy atom. The summed E-state index contributed by atoms with van der Waals surface area (Å²) in [6.45, 7) is 1.89. The molecule has 0 saturated carbocycles. The van der Waals surface area contributed by atoms with Crippen LogP contribution in [-0.2, 0) is 9.47 Å². The van der Waals surface area contributed by atoms with Gasteiger partial charge in [0.15, 0.2) is 0 Å². The van der Waals surface area contributed by atoms with Crippen LogP contribution in [0.2, 0.25) is 0 Å². The van der Waals surface area contributed by atoms with Crippen molar-refractivity contribution in [3.05, 3.63) is 0 Å². The first kappa shape index (κ1) is 4.43. The minimum Gasteiger partial charge on any atom is -0.394 e. The molecule has 1 fully saturated rings. The Labute approximate surface area is 41.2 Å². The first-order valence-electron chi connectivity index (χ1n) is 2.20. The van der Waals surface area contributed by atoms with Crippen molar-refractivity contribution in [1.29, 1.82) is 0 Å². The van der Waals surface area contributed by atoms with E-state index in [1.807, 2.05) is 6.92 Å². The number of ether oxygens (including phenoxy) is 2. The number of carbonyl (C=O) groups is 1. The van der Waals surface area contributed by atoms with E-state index in [-0.39, 0.29) is 6.29 Å². The van der Waals surface area contributed by atoms with Gasteiger partial charge >= 0.3 is 6.16 Å². The Hall–Kier alpha value is -0.730. The molecule has 3 nitrogen and oxygen atoms in total. The van der Waals surface area contributed by atoms with Gasteiger partial charge in [0, 0.05) is 6.42 Å². The lowest BCUT2D eigenvalue weighted by Gasteiger charge is -2.23. The number of rotatable bonds is 1. The monoisotopic (exact) mass is 102 g/mol. The van der Waals surface area contributed by atoms with Crippen molar-refractivity contribution in [1.82, 2.24) is 0 Å². The molecule has 1 aliphatic heterocycles. The zero-order chi connectivity index (χ0) is 5.28. The van der Waals surface area contributed by atoms with Crippen molar-refractivity contribution < 1.29 is 14.3 Å². The van der Waals surface area contributed by atoms with Crippen molar-refractivity contribution in [3.63, 3.8) is 0 Å². The van der Waals surface area contributed by atoms with E-state index in [1.165, 1.54) is 0 Å². The Bertz CT molecular complexity index is 80.9. The van der Waals surface area contributed by atoms with E-state index < -0.39 is 6.16 Å². The molecule has 0 atom stereocenters. The Morgan fingerprint density at radius 1 is 1.71 bits per heavy atom. The zero-order valence-corrected chi connectivity index (χ0v) is 4.01. The predicted molar refractivity (Wildman–Crippen MR) is 21.6 cm³/mol. The molecule has 0 radical (unpaired) electrons. The summed E-state index contributed by atoms with van der Waals surface area (Å²) in [6, 6.07) is 0. The summed E-state index contributed by atoms with van der Waals surface area (Å²) in [6.07, 6.45) is -0.0644. The molecule has 0 aliphatic carbocycles. The van der Waals surface area contributed by atoms with Crippen LogP contribution in [0.4, 0.5) is 4.79 Å². The second-order valence-electron chi connectivity index (χ2n) is 1.32. The summed E-state index contributed by atoms with van der Waals surface area (Å²) in [4.78, 5) is 9.82. The fourth-order valence-corrected chi connectivity index (χ4v) is 0.390. The molecule has 1 aliphatic rings. The summed E-state index contributed by atoms with van der Waals surface area (Å²) in [5.41, 5.74) is 0. The number of cyclic esters (lactones) is 2. The molecule has 1 heterocycles. The summed E-state index contributed by atoms with van der Waals surface area (Å²) in [5.74, 6) is 0. The van der Waals surface area contributed by atoms with Crippen LogP contribution in [-0.4, -0.2) is 12.4 Å². The topological polar surface area (TPSA) is 35.5 Å². The second kappa shape index (κ2) is 1.40.